The largest absolute Gasteiger partial charge is 0.484 e. The van der Waals surface area contributed by atoms with Gasteiger partial charge in [0.15, 0.2) is 12.4 Å². The van der Waals surface area contributed by atoms with Crippen molar-refractivity contribution >= 4 is 11.6 Å². The Kier molecular flexibility index (Phi) is 4.71. The number of pyridine rings is 1. The van der Waals surface area contributed by atoms with Crippen molar-refractivity contribution in [3.05, 3.63) is 67.0 Å². The first-order valence-corrected chi connectivity index (χ1v) is 7.11. The van der Waals surface area contributed by atoms with E-state index in [0.717, 1.165) is 5.56 Å². The van der Waals surface area contributed by atoms with Crippen LogP contribution in [0.4, 0.5) is 10.1 Å². The van der Waals surface area contributed by atoms with Crippen molar-refractivity contribution in [3.8, 4) is 17.1 Å². The van der Waals surface area contributed by atoms with Crippen LogP contribution in [0.1, 0.15) is 0 Å². The molecule has 0 unspecified atom stereocenters. The number of carbonyl (C=O) groups is 1. The number of nitrogens with one attached hydrogen (secondary N) is 1. The normalized spacial score (nSPS) is 10.2. The molecule has 0 saturated heterocycles. The number of ether oxygens (including phenoxy) is 1. The molecule has 0 aliphatic heterocycles. The third-order valence-corrected chi connectivity index (χ3v) is 3.04. The molecule has 120 valence electrons. The van der Waals surface area contributed by atoms with Crippen molar-refractivity contribution < 1.29 is 13.9 Å². The van der Waals surface area contributed by atoms with E-state index in [0.29, 0.717) is 17.3 Å². The van der Waals surface area contributed by atoms with E-state index in [9.17, 15) is 9.18 Å². The van der Waals surface area contributed by atoms with Crippen LogP contribution in [-0.2, 0) is 4.79 Å². The Labute approximate surface area is 137 Å². The van der Waals surface area contributed by atoms with Crippen LogP contribution in [0, 0.1) is 5.82 Å². The van der Waals surface area contributed by atoms with Gasteiger partial charge in [0.1, 0.15) is 11.6 Å². The van der Waals surface area contributed by atoms with E-state index >= 15 is 0 Å². The van der Waals surface area contributed by atoms with Crippen LogP contribution in [0.2, 0.25) is 0 Å². The lowest BCUT2D eigenvalue weighted by atomic mass is 10.3. The van der Waals surface area contributed by atoms with E-state index in [1.165, 1.54) is 36.7 Å². The Balaban J connectivity index is 1.55. The lowest BCUT2D eigenvalue weighted by Crippen LogP contribution is -2.20. The number of halogens is 1. The first kappa shape index (κ1) is 15.5. The molecule has 0 radical (unpaired) electrons. The first-order valence-electron chi connectivity index (χ1n) is 7.11. The molecule has 0 aliphatic rings. The summed E-state index contributed by atoms with van der Waals surface area (Å²) in [6, 6.07) is 9.07. The molecule has 0 fully saturated rings. The molecule has 1 amide bonds. The van der Waals surface area contributed by atoms with E-state index in [2.05, 4.69) is 20.3 Å². The zero-order chi connectivity index (χ0) is 16.8. The smallest absolute Gasteiger partial charge is 0.262 e. The Morgan fingerprint density at radius 3 is 2.50 bits per heavy atom. The maximum Gasteiger partial charge on any atom is 0.262 e. The number of amides is 1. The maximum atomic E-state index is 12.8. The Morgan fingerprint density at radius 2 is 1.83 bits per heavy atom. The van der Waals surface area contributed by atoms with Crippen LogP contribution < -0.4 is 10.1 Å². The van der Waals surface area contributed by atoms with E-state index in [-0.39, 0.29) is 18.3 Å². The van der Waals surface area contributed by atoms with Crippen molar-refractivity contribution in [2.24, 2.45) is 0 Å². The highest BCUT2D eigenvalue weighted by molar-refractivity contribution is 5.91. The van der Waals surface area contributed by atoms with Gasteiger partial charge in [-0.25, -0.2) is 14.4 Å². The number of aromatic nitrogens is 3. The minimum atomic E-state index is -0.364. The second kappa shape index (κ2) is 7.28. The quantitative estimate of drug-likeness (QED) is 0.781. The first-order chi connectivity index (χ1) is 11.7. The summed E-state index contributed by atoms with van der Waals surface area (Å²) in [7, 11) is 0. The summed E-state index contributed by atoms with van der Waals surface area (Å²) >= 11 is 0. The summed E-state index contributed by atoms with van der Waals surface area (Å²) in [6.07, 6.45) is 6.33. The average molecular weight is 324 g/mol. The maximum absolute atomic E-state index is 12.8. The number of nitrogens with zero attached hydrogens (tertiary/aromatic N) is 3. The van der Waals surface area contributed by atoms with Crippen LogP contribution in [-0.4, -0.2) is 27.5 Å². The molecule has 24 heavy (non-hydrogen) atoms. The summed E-state index contributed by atoms with van der Waals surface area (Å²) in [5.74, 6) is 0.202. The molecule has 0 atom stereocenters. The molecule has 3 aromatic rings. The van der Waals surface area contributed by atoms with Crippen LogP contribution >= 0.6 is 0 Å². The molecule has 3 rings (SSSR count). The van der Waals surface area contributed by atoms with Gasteiger partial charge < -0.3 is 10.1 Å². The van der Waals surface area contributed by atoms with Crippen molar-refractivity contribution in [3.63, 3.8) is 0 Å². The molecule has 6 nitrogen and oxygen atoms in total. The fourth-order valence-corrected chi connectivity index (χ4v) is 1.91. The van der Waals surface area contributed by atoms with E-state index in [1.807, 2.05) is 6.07 Å². The number of benzene rings is 1. The molecule has 7 heteroatoms. The molecular weight excluding hydrogens is 311 g/mol. The third kappa shape index (κ3) is 4.10. The van der Waals surface area contributed by atoms with Gasteiger partial charge in [0.2, 0.25) is 0 Å². The average Bonchev–Trinajstić information content (AvgIpc) is 2.63. The van der Waals surface area contributed by atoms with Gasteiger partial charge in [-0.05, 0) is 36.4 Å². The van der Waals surface area contributed by atoms with Crippen molar-refractivity contribution in [1.29, 1.82) is 0 Å². The highest BCUT2D eigenvalue weighted by Crippen LogP contribution is 2.14. The topological polar surface area (TPSA) is 77.0 Å². The van der Waals surface area contributed by atoms with E-state index in [1.54, 1.807) is 18.5 Å². The molecule has 0 spiro atoms. The predicted molar refractivity (Wildman–Crippen MR) is 85.8 cm³/mol. The monoisotopic (exact) mass is 324 g/mol. The van der Waals surface area contributed by atoms with Gasteiger partial charge in [0, 0.05) is 18.0 Å². The molecule has 1 aromatic carbocycles. The van der Waals surface area contributed by atoms with Gasteiger partial charge in [-0.3, -0.25) is 9.78 Å². The van der Waals surface area contributed by atoms with E-state index in [4.69, 9.17) is 4.74 Å². The molecule has 2 aromatic heterocycles. The number of carbonyl (C=O) groups excluding carboxylic acids is 1. The highest BCUT2D eigenvalue weighted by Gasteiger charge is 2.06. The van der Waals surface area contributed by atoms with Gasteiger partial charge in [0.05, 0.1) is 18.1 Å². The molecule has 2 heterocycles. The zero-order valence-corrected chi connectivity index (χ0v) is 12.5. The summed E-state index contributed by atoms with van der Waals surface area (Å²) in [4.78, 5) is 24.2. The summed E-state index contributed by atoms with van der Waals surface area (Å²) < 4.78 is 18.0. The van der Waals surface area contributed by atoms with Crippen molar-refractivity contribution in [2.45, 2.75) is 0 Å². The predicted octanol–water partition coefficient (Wildman–Crippen LogP) is 2.70. The van der Waals surface area contributed by atoms with Gasteiger partial charge in [-0.2, -0.15) is 0 Å². The number of hydrogen-bond donors (Lipinski definition) is 1. The van der Waals surface area contributed by atoms with Gasteiger partial charge in [0.25, 0.3) is 5.91 Å². The number of anilines is 1. The minimum absolute atomic E-state index is 0.198. The number of rotatable bonds is 5. The third-order valence-electron chi connectivity index (χ3n) is 3.04. The van der Waals surface area contributed by atoms with Crippen LogP contribution in [0.5, 0.6) is 5.75 Å². The van der Waals surface area contributed by atoms with Gasteiger partial charge in [-0.1, -0.05) is 0 Å². The van der Waals surface area contributed by atoms with Crippen LogP contribution in [0.25, 0.3) is 11.4 Å². The summed E-state index contributed by atoms with van der Waals surface area (Å²) in [5.41, 5.74) is 1.24. The van der Waals surface area contributed by atoms with Crippen molar-refractivity contribution in [1.82, 2.24) is 15.0 Å². The fraction of sp³-hybridized carbons (Fsp3) is 0.0588. The lowest BCUT2D eigenvalue weighted by molar-refractivity contribution is -0.118. The second-order valence-corrected chi connectivity index (χ2v) is 4.83. The molecule has 0 bridgehead atoms. The van der Waals surface area contributed by atoms with Crippen LogP contribution in [0.3, 0.4) is 0 Å². The standard InChI is InChI=1S/C17H13FN4O2/c18-13-3-5-15(6-4-13)24-11-16(23)22-14-9-20-17(21-10-14)12-2-1-7-19-8-12/h1-10H,11H2,(H,22,23). The zero-order valence-electron chi connectivity index (χ0n) is 12.5. The molecular formula is C17H13FN4O2. The second-order valence-electron chi connectivity index (χ2n) is 4.83. The Hall–Kier alpha value is -3.35. The summed E-state index contributed by atoms with van der Waals surface area (Å²) in [6.45, 7) is -0.198. The Morgan fingerprint density at radius 1 is 1.08 bits per heavy atom. The van der Waals surface area contributed by atoms with Crippen LogP contribution in [0.15, 0.2) is 61.2 Å². The molecule has 1 N–H and O–H groups in total. The van der Waals surface area contributed by atoms with Gasteiger partial charge >= 0.3 is 0 Å². The molecule has 0 saturated carbocycles. The summed E-state index contributed by atoms with van der Waals surface area (Å²) in [5, 5.41) is 2.62. The molecule has 0 aliphatic carbocycles. The highest BCUT2D eigenvalue weighted by atomic mass is 19.1. The van der Waals surface area contributed by atoms with Gasteiger partial charge in [-0.15, -0.1) is 0 Å². The fourth-order valence-electron chi connectivity index (χ4n) is 1.91. The van der Waals surface area contributed by atoms with Crippen molar-refractivity contribution in [2.75, 3.05) is 11.9 Å². The number of hydrogen-bond acceptors (Lipinski definition) is 5. The van der Waals surface area contributed by atoms with E-state index < -0.39 is 0 Å². The SMILES string of the molecule is O=C(COc1ccc(F)cc1)Nc1cnc(-c2cccnc2)nc1. The Bertz CT molecular complexity index is 808. The lowest BCUT2D eigenvalue weighted by Gasteiger charge is -2.07. The minimum Gasteiger partial charge on any atom is -0.484 e.